The number of H-pyrrole nitrogens is 1. The molecule has 2 aromatic rings. The predicted molar refractivity (Wildman–Crippen MR) is 69.2 cm³/mol. The number of benzene rings is 1. The Bertz CT molecular complexity index is 626. The number of halogens is 1. The van der Waals surface area contributed by atoms with E-state index in [1.807, 2.05) is 12.1 Å². The Morgan fingerprint density at radius 2 is 2.11 bits per heavy atom. The fourth-order valence-electron chi connectivity index (χ4n) is 3.53. The summed E-state index contributed by atoms with van der Waals surface area (Å²) in [7, 11) is 0. The third kappa shape index (κ3) is 1.31. The van der Waals surface area contributed by atoms with Crippen LogP contribution >= 0.6 is 11.6 Å². The van der Waals surface area contributed by atoms with Crippen molar-refractivity contribution in [2.24, 2.45) is 17.6 Å². The lowest BCUT2D eigenvalue weighted by atomic mass is 9.86. The molecular weight excluding hydrogens is 250 g/mol. The summed E-state index contributed by atoms with van der Waals surface area (Å²) in [6, 6.07) is 3.97. The fraction of sp³-hybridized carbons (Fsp3) is 0.462. The minimum absolute atomic E-state index is 0.282. The van der Waals surface area contributed by atoms with E-state index in [0.717, 1.165) is 29.3 Å². The lowest BCUT2D eigenvalue weighted by Gasteiger charge is -2.26. The van der Waals surface area contributed by atoms with Gasteiger partial charge < -0.3 is 10.8 Å². The molecule has 1 aromatic heterocycles. The Balaban J connectivity index is 1.85. The minimum Gasteiger partial charge on any atom is -0.385 e. The number of aliphatic hydroxyl groups is 1. The van der Waals surface area contributed by atoms with Gasteiger partial charge in [0.05, 0.1) is 17.3 Å². The van der Waals surface area contributed by atoms with Crippen LogP contribution in [0.5, 0.6) is 0 Å². The van der Waals surface area contributed by atoms with Gasteiger partial charge in [-0.1, -0.05) is 11.6 Å². The second kappa shape index (κ2) is 3.26. The highest BCUT2D eigenvalue weighted by Crippen LogP contribution is 2.59. The Kier molecular flexibility index (Phi) is 1.95. The molecule has 4 rings (SSSR count). The van der Waals surface area contributed by atoms with Crippen LogP contribution in [0.15, 0.2) is 18.3 Å². The first-order valence-electron chi connectivity index (χ1n) is 6.19. The molecule has 4 N–H and O–H groups in total. The number of nitrogens with one attached hydrogen (secondary N) is 1. The molecule has 0 amide bonds. The molecule has 1 heterocycles. The number of fused-ring (bicyclic) bond motifs is 2. The maximum atomic E-state index is 10.9. The van der Waals surface area contributed by atoms with Crippen LogP contribution in [-0.2, 0) is 5.60 Å². The number of aromatic nitrogens is 2. The molecule has 0 spiro atoms. The van der Waals surface area contributed by atoms with Crippen molar-refractivity contribution < 1.29 is 5.11 Å². The minimum atomic E-state index is -0.793. The topological polar surface area (TPSA) is 74.9 Å². The van der Waals surface area contributed by atoms with E-state index in [4.69, 9.17) is 17.3 Å². The molecule has 0 radical (unpaired) electrons. The van der Waals surface area contributed by atoms with Crippen molar-refractivity contribution in [3.05, 3.63) is 28.9 Å². The molecule has 4 nitrogen and oxygen atoms in total. The summed E-state index contributed by atoms with van der Waals surface area (Å²) in [5, 5.41) is 19.4. The lowest BCUT2D eigenvalue weighted by molar-refractivity contribution is 0.0309. The normalized spacial score (nSPS) is 38.1. The first-order valence-corrected chi connectivity index (χ1v) is 6.57. The highest BCUT2D eigenvalue weighted by atomic mass is 35.5. The zero-order chi connectivity index (χ0) is 12.5. The molecule has 94 valence electrons. The van der Waals surface area contributed by atoms with Crippen molar-refractivity contribution in [3.63, 3.8) is 0 Å². The number of hydrogen-bond donors (Lipinski definition) is 3. The molecule has 2 fully saturated rings. The van der Waals surface area contributed by atoms with Gasteiger partial charge in [0.25, 0.3) is 0 Å². The highest BCUT2D eigenvalue weighted by Gasteiger charge is 2.60. The number of rotatable bonds is 1. The van der Waals surface area contributed by atoms with Crippen LogP contribution in [0.1, 0.15) is 18.4 Å². The molecule has 18 heavy (non-hydrogen) atoms. The van der Waals surface area contributed by atoms with Crippen molar-refractivity contribution in [1.82, 2.24) is 10.2 Å². The second-order valence-electron chi connectivity index (χ2n) is 5.63. The molecule has 0 unspecified atom stereocenters. The summed E-state index contributed by atoms with van der Waals surface area (Å²) in [5.41, 5.74) is 6.90. The maximum Gasteiger partial charge on any atom is 0.0910 e. The van der Waals surface area contributed by atoms with Gasteiger partial charge in [0.1, 0.15) is 0 Å². The third-order valence-corrected chi connectivity index (χ3v) is 4.79. The molecular formula is C13H14ClN3O. The molecule has 5 heteroatoms. The Morgan fingerprint density at radius 1 is 1.39 bits per heavy atom. The zero-order valence-electron chi connectivity index (χ0n) is 9.73. The van der Waals surface area contributed by atoms with Crippen molar-refractivity contribution in [2.75, 3.05) is 0 Å². The molecule has 2 aliphatic rings. The van der Waals surface area contributed by atoms with Crippen molar-refractivity contribution in [2.45, 2.75) is 24.5 Å². The van der Waals surface area contributed by atoms with Gasteiger partial charge >= 0.3 is 0 Å². The van der Waals surface area contributed by atoms with Crippen molar-refractivity contribution in [1.29, 1.82) is 0 Å². The van der Waals surface area contributed by atoms with E-state index < -0.39 is 5.60 Å². The largest absolute Gasteiger partial charge is 0.385 e. The van der Waals surface area contributed by atoms with Gasteiger partial charge in [-0.25, -0.2) is 0 Å². The molecule has 4 atom stereocenters. The summed E-state index contributed by atoms with van der Waals surface area (Å²) >= 11 is 6.11. The van der Waals surface area contributed by atoms with Gasteiger partial charge in [-0.15, -0.1) is 0 Å². The molecule has 0 saturated heterocycles. The Hall–Kier alpha value is -1.10. The monoisotopic (exact) mass is 263 g/mol. The summed E-state index contributed by atoms with van der Waals surface area (Å²) in [4.78, 5) is 0. The molecule has 0 bridgehead atoms. The lowest BCUT2D eigenvalue weighted by Crippen LogP contribution is -2.27. The zero-order valence-corrected chi connectivity index (χ0v) is 10.5. The average Bonchev–Trinajstić information content (AvgIpc) is 2.77. The van der Waals surface area contributed by atoms with Gasteiger partial charge in [-0.3, -0.25) is 5.10 Å². The maximum absolute atomic E-state index is 10.9. The Labute approximate surface area is 109 Å². The van der Waals surface area contributed by atoms with Gasteiger partial charge in [0.2, 0.25) is 0 Å². The van der Waals surface area contributed by atoms with Crippen LogP contribution < -0.4 is 5.73 Å². The predicted octanol–water partition coefficient (Wildman–Crippen LogP) is 1.77. The van der Waals surface area contributed by atoms with Crippen LogP contribution in [0.3, 0.4) is 0 Å². The first-order chi connectivity index (χ1) is 8.58. The van der Waals surface area contributed by atoms with E-state index in [9.17, 15) is 5.11 Å². The summed E-state index contributed by atoms with van der Waals surface area (Å²) < 4.78 is 0. The smallest absolute Gasteiger partial charge is 0.0910 e. The SMILES string of the molecule is N[C@@H]1[C@H]2C[C@](O)(c3cc(Cl)cc4[nH]ncc34)C[C@@H]12. The standard InChI is InChI=1S/C13H14ClN3O/c14-6-1-10(9-5-16-17-11(9)2-6)13(18)3-7-8(4-13)12(7)15/h1-2,5,7-8,12,18H,3-4,15H2,(H,16,17)/t7-,8+,12+,13+. The van der Waals surface area contributed by atoms with E-state index in [0.29, 0.717) is 16.9 Å². The number of aromatic amines is 1. The summed E-state index contributed by atoms with van der Waals surface area (Å²) in [5.74, 6) is 0.937. The summed E-state index contributed by atoms with van der Waals surface area (Å²) in [6.07, 6.45) is 3.22. The van der Waals surface area contributed by atoms with Crippen LogP contribution in [0.25, 0.3) is 10.9 Å². The average molecular weight is 264 g/mol. The molecule has 2 saturated carbocycles. The van der Waals surface area contributed by atoms with Crippen LogP contribution in [0, 0.1) is 11.8 Å². The number of nitrogens with two attached hydrogens (primary N) is 1. The number of nitrogens with zero attached hydrogens (tertiary/aromatic N) is 1. The van der Waals surface area contributed by atoms with Crippen LogP contribution in [0.2, 0.25) is 5.02 Å². The van der Waals surface area contributed by atoms with E-state index in [1.165, 1.54) is 0 Å². The highest BCUT2D eigenvalue weighted by molar-refractivity contribution is 6.31. The summed E-state index contributed by atoms with van der Waals surface area (Å²) in [6.45, 7) is 0. The van der Waals surface area contributed by atoms with Gasteiger partial charge in [-0.2, -0.15) is 5.10 Å². The van der Waals surface area contributed by atoms with Crippen LogP contribution in [0.4, 0.5) is 0 Å². The second-order valence-corrected chi connectivity index (χ2v) is 6.07. The third-order valence-electron chi connectivity index (χ3n) is 4.57. The van der Waals surface area contributed by atoms with E-state index in [-0.39, 0.29) is 6.04 Å². The van der Waals surface area contributed by atoms with E-state index in [2.05, 4.69) is 10.2 Å². The molecule has 2 aliphatic carbocycles. The molecule has 0 aliphatic heterocycles. The van der Waals surface area contributed by atoms with Gasteiger partial charge in [0.15, 0.2) is 0 Å². The fourth-order valence-corrected chi connectivity index (χ4v) is 3.75. The van der Waals surface area contributed by atoms with Crippen molar-refractivity contribution in [3.8, 4) is 0 Å². The molecule has 1 aromatic carbocycles. The van der Waals surface area contributed by atoms with E-state index in [1.54, 1.807) is 6.20 Å². The first kappa shape index (κ1) is 10.8. The quantitative estimate of drug-likeness (QED) is 0.734. The van der Waals surface area contributed by atoms with Crippen molar-refractivity contribution >= 4 is 22.5 Å². The van der Waals surface area contributed by atoms with E-state index >= 15 is 0 Å². The van der Waals surface area contributed by atoms with Gasteiger partial charge in [-0.05, 0) is 42.4 Å². The Morgan fingerprint density at radius 3 is 2.83 bits per heavy atom. The van der Waals surface area contributed by atoms with Crippen LogP contribution in [-0.4, -0.2) is 21.3 Å². The van der Waals surface area contributed by atoms with Gasteiger partial charge in [0, 0.05) is 16.5 Å². The number of hydrogen-bond acceptors (Lipinski definition) is 3.